The molecule has 7 N–H and O–H groups in total. The number of pyridine rings is 3. The fourth-order valence-electron chi connectivity index (χ4n) is 9.89. The summed E-state index contributed by atoms with van der Waals surface area (Å²) in [6.45, 7) is 8.02. The van der Waals surface area contributed by atoms with E-state index in [2.05, 4.69) is 56.3 Å². The van der Waals surface area contributed by atoms with E-state index in [0.717, 1.165) is 46.0 Å². The molecular weight excluding hydrogens is 1720 g/mol. The van der Waals surface area contributed by atoms with Crippen LogP contribution in [0.2, 0.25) is 0 Å². The molecule has 47 heteroatoms. The van der Waals surface area contributed by atoms with Crippen molar-refractivity contribution in [3.63, 3.8) is 0 Å². The average molecular weight is 1810 g/mol. The first kappa shape index (κ1) is 105. The topological polar surface area (TPSA) is 468 Å². The van der Waals surface area contributed by atoms with Gasteiger partial charge in [0.1, 0.15) is 62.4 Å². The number of alkyl halides is 12. The van der Waals surface area contributed by atoms with E-state index in [4.69, 9.17) is 39.9 Å². The number of esters is 3. The fraction of sp³-hybridized carbons (Fsp3) is 0.300. The lowest BCUT2D eigenvalue weighted by molar-refractivity contribution is -0.474. The van der Waals surface area contributed by atoms with Crippen LogP contribution in [0.25, 0.3) is 22.3 Å². The van der Waals surface area contributed by atoms with Crippen LogP contribution in [0.5, 0.6) is 28.7 Å². The quantitative estimate of drug-likeness (QED) is 0.00408. The van der Waals surface area contributed by atoms with Gasteiger partial charge in [-0.3, -0.25) is 39.9 Å². The second-order valence-corrected chi connectivity index (χ2v) is 24.9. The molecule has 10 aromatic rings. The summed E-state index contributed by atoms with van der Waals surface area (Å²) < 4.78 is 199. The second-order valence-electron chi connectivity index (χ2n) is 24.9. The zero-order valence-corrected chi connectivity index (χ0v) is 68.8. The molecule has 0 amide bonds. The standard InChI is InChI=1S/C18H16F3N3O3.C17H16F3N3O5.C16H14F3N3O2.C10H13N3O3.C8H11NO.C7H7F3O4.C4H7NO3/c1-3-27-17(25)13-8-14(18(19,20)21)23-16-15(13)22-10-24(16)9-11-4-6-12(26-2)7-5-11;1-3-28-16(24)12-8-13(17(18,19)20)22-15(14(12)23(25)26)21-9-10-4-6-11(27-2)7-5-10;1-24-12-4-2-10(3-5-12)7-22-9-20-14-11(8-23)6-13(16(17,18)19)21-15(14)22;1-16-9-4-2-8(3-5-9)6-12-10(11)7-13(14)15;1-10-8-4-2-7(6-9)3-5-8;1-2-14-6(13)4(11)3-5(12)7(8,9)10;1-4(8-2)3-5(6)7/h4-8,10H,3,9H2,1-2H3;4-8H,3,9H2,1-2H3,(H,21,22);2-6,9,23H,7-8H2,1H3;2-5,7,12H,6,11H2,1H3;2-5H,6,9H2,1H3;2-3H2,1H3;1,3H2,2H3/b;;;10-7+;;;. The highest BCUT2D eigenvalue weighted by molar-refractivity contribution is 6.37. The van der Waals surface area contributed by atoms with Crippen molar-refractivity contribution in [2.24, 2.45) is 11.5 Å². The van der Waals surface area contributed by atoms with Crippen LogP contribution >= 0.6 is 0 Å². The molecule has 0 spiro atoms. The van der Waals surface area contributed by atoms with Crippen LogP contribution in [0.4, 0.5) is 64.2 Å². The number of hydrogen-bond donors (Lipinski definition) is 5. The van der Waals surface area contributed by atoms with Gasteiger partial charge >= 0.3 is 48.3 Å². The Morgan fingerprint density at radius 2 is 0.906 bits per heavy atom. The molecule has 5 aromatic carbocycles. The summed E-state index contributed by atoms with van der Waals surface area (Å²) in [4.78, 5) is 103. The maximum atomic E-state index is 13.2. The largest absolute Gasteiger partial charge is 0.497 e. The van der Waals surface area contributed by atoms with Crippen LogP contribution in [0.15, 0.2) is 177 Å². The summed E-state index contributed by atoms with van der Waals surface area (Å²) in [5.41, 5.74) is 9.96. The summed E-state index contributed by atoms with van der Waals surface area (Å²) in [6, 6.07) is 37.6. The molecule has 0 aliphatic heterocycles. The summed E-state index contributed by atoms with van der Waals surface area (Å²) in [6.07, 6.45) is -17.3. The normalized spacial score (nSPS) is 11.0. The Morgan fingerprint density at radius 1 is 0.528 bits per heavy atom. The number of nitro groups is 3. The number of aliphatic hydroxyl groups is 1. The summed E-state index contributed by atoms with van der Waals surface area (Å²) in [7, 11) is 9.16. The number of nitrogens with two attached hydrogens (primary N) is 2. The molecule has 127 heavy (non-hydrogen) atoms. The van der Waals surface area contributed by atoms with E-state index in [1.165, 1.54) is 57.0 Å². The van der Waals surface area contributed by atoms with Crippen molar-refractivity contribution in [1.29, 1.82) is 0 Å². The van der Waals surface area contributed by atoms with Gasteiger partial charge in [0.05, 0.1) is 117 Å². The Balaban J connectivity index is 0.000000322. The number of aromatic nitrogens is 7. The van der Waals surface area contributed by atoms with Gasteiger partial charge < -0.3 is 79.0 Å². The number of anilines is 1. The Morgan fingerprint density at radius 3 is 1.27 bits per heavy atom. The predicted octanol–water partition coefficient (Wildman–Crippen LogP) is 13.5. The van der Waals surface area contributed by atoms with E-state index in [-0.39, 0.29) is 84.5 Å². The molecular formula is C80H84F12N14O21. The van der Waals surface area contributed by atoms with Crippen LogP contribution in [0, 0.1) is 30.3 Å². The number of rotatable bonds is 30. The Bertz CT molecular complexity index is 5330. The lowest BCUT2D eigenvalue weighted by atomic mass is 10.1. The zero-order valence-electron chi connectivity index (χ0n) is 68.8. The number of hydrogen-bond acceptors (Lipinski definition) is 30. The lowest BCUT2D eigenvalue weighted by Gasteiger charge is -2.13. The van der Waals surface area contributed by atoms with E-state index in [1.54, 1.807) is 88.9 Å². The number of carbonyl (C=O) groups is 5. The number of carbonyl (C=O) groups excluding carboxylic acids is 5. The van der Waals surface area contributed by atoms with Gasteiger partial charge in [-0.1, -0.05) is 67.2 Å². The highest BCUT2D eigenvalue weighted by Gasteiger charge is 2.42. The highest BCUT2D eigenvalue weighted by atomic mass is 19.4. The monoisotopic (exact) mass is 1800 g/mol. The second kappa shape index (κ2) is 50.1. The van der Waals surface area contributed by atoms with E-state index in [0.29, 0.717) is 54.6 Å². The minimum absolute atomic E-state index is 0.0285. The molecule has 5 aromatic heterocycles. The molecule has 0 aliphatic rings. The molecule has 0 aliphatic carbocycles. The first-order valence-corrected chi connectivity index (χ1v) is 36.5. The lowest BCUT2D eigenvalue weighted by Crippen LogP contribution is -2.29. The maximum Gasteiger partial charge on any atom is 0.450 e. The fourth-order valence-corrected chi connectivity index (χ4v) is 9.89. The molecule has 10 rings (SSSR count). The van der Waals surface area contributed by atoms with Crippen molar-refractivity contribution in [2.45, 2.75) is 91.2 Å². The minimum atomic E-state index is -5.10. The summed E-state index contributed by atoms with van der Waals surface area (Å²) >= 11 is 0. The third-order valence-corrected chi connectivity index (χ3v) is 16.1. The van der Waals surface area contributed by atoms with Gasteiger partial charge in [0.25, 0.3) is 12.7 Å². The molecule has 35 nitrogen and oxygen atoms in total. The molecule has 0 radical (unpaired) electrons. The van der Waals surface area contributed by atoms with Crippen molar-refractivity contribution in [3.8, 4) is 28.7 Å². The third-order valence-electron chi connectivity index (χ3n) is 16.1. The molecule has 5 heterocycles. The van der Waals surface area contributed by atoms with E-state index in [1.807, 2.05) is 60.7 Å². The molecule has 0 unspecified atom stereocenters. The van der Waals surface area contributed by atoms with Crippen LogP contribution in [0.1, 0.15) is 98.4 Å². The molecule has 0 bridgehead atoms. The summed E-state index contributed by atoms with van der Waals surface area (Å²) in [5.74, 6) is -4.21. The van der Waals surface area contributed by atoms with Crippen LogP contribution in [0.3, 0.4) is 0 Å². The first-order valence-electron chi connectivity index (χ1n) is 36.5. The van der Waals surface area contributed by atoms with Gasteiger partial charge in [-0.25, -0.2) is 39.3 Å². The molecule has 0 fully saturated rings. The number of ether oxygens (including phenoxy) is 9. The zero-order chi connectivity index (χ0) is 95.1. The number of nitrogens with one attached hydrogen (secondary N) is 2. The van der Waals surface area contributed by atoms with Gasteiger partial charge in [-0.05, 0) is 127 Å². The average Bonchev–Trinajstić information content (AvgIpc) is 1.73. The molecule has 684 valence electrons. The van der Waals surface area contributed by atoms with Crippen LogP contribution in [-0.2, 0) is 91.2 Å². The number of aliphatic hydroxyl groups excluding tert-OH is 1. The van der Waals surface area contributed by atoms with Crippen molar-refractivity contribution in [3.05, 3.63) is 268 Å². The van der Waals surface area contributed by atoms with Crippen molar-refractivity contribution in [1.82, 2.24) is 39.4 Å². The van der Waals surface area contributed by atoms with Crippen LogP contribution in [-0.4, -0.2) is 159 Å². The van der Waals surface area contributed by atoms with Gasteiger partial charge in [-0.15, -0.1) is 0 Å². The molecule has 0 saturated carbocycles. The number of methoxy groups -OCH3 is 6. The smallest absolute Gasteiger partial charge is 0.450 e. The van der Waals surface area contributed by atoms with Crippen molar-refractivity contribution in [2.75, 3.05) is 74.3 Å². The van der Waals surface area contributed by atoms with E-state index in [9.17, 15) is 112 Å². The predicted molar refractivity (Wildman–Crippen MR) is 429 cm³/mol. The van der Waals surface area contributed by atoms with Gasteiger partial charge in [-0.2, -0.15) is 52.7 Å². The number of ketones is 2. The Labute approximate surface area is 713 Å². The van der Waals surface area contributed by atoms with Gasteiger partial charge in [0.15, 0.2) is 22.9 Å². The highest BCUT2D eigenvalue weighted by Crippen LogP contribution is 2.37. The number of imidazole rings is 2. The number of benzene rings is 5. The molecule has 0 atom stereocenters. The Kier molecular flexibility index (Phi) is 41.2. The van der Waals surface area contributed by atoms with E-state index < -0.39 is 116 Å². The van der Waals surface area contributed by atoms with Crippen LogP contribution < -0.4 is 45.8 Å². The SMILES string of the molecule is C=C(C[N+](=O)[O-])OC.CCOC(=O)C(=O)CC(=O)C(F)(F)F.CCOC(=O)c1cc(C(F)(F)F)nc(NCc2ccc(OC)cc2)c1[N+](=O)[O-].CCOC(=O)c1cc(C(F)(F)F)nc2c1ncn2Cc1ccc(OC)cc1.COc1ccc(CN)cc1.COc1ccc(CN/C(N)=C/[N+](=O)[O-])cc1.COc1ccc(Cn2cnc3c(CO)cc(C(F)(F)F)nc32)cc1. The minimum Gasteiger partial charge on any atom is -0.497 e. The van der Waals surface area contributed by atoms with Crippen molar-refractivity contribution >= 4 is 63.3 Å². The van der Waals surface area contributed by atoms with E-state index >= 15 is 0 Å². The van der Waals surface area contributed by atoms with Gasteiger partial charge in [0.2, 0.25) is 17.4 Å². The Hall–Kier alpha value is -14.8. The number of nitrogens with zero attached hydrogens (tertiary/aromatic N) is 10. The summed E-state index contributed by atoms with van der Waals surface area (Å²) in [5, 5.41) is 45.7. The maximum absolute atomic E-state index is 13.2. The van der Waals surface area contributed by atoms with Gasteiger partial charge in [0, 0.05) is 30.1 Å². The van der Waals surface area contributed by atoms with Crippen molar-refractivity contribution < 1.29 is 139 Å². The third kappa shape index (κ3) is 34.4. The number of halogens is 12. The number of fused-ring (bicyclic) bond motifs is 2. The number of Topliss-reactive ketones (excluding diaryl/α,β-unsaturated/α-hetero) is 2. The first-order chi connectivity index (χ1) is 59.8. The molecule has 0 saturated heterocycles.